The number of benzene rings is 1. The molecule has 1 aromatic carbocycles. The molecule has 1 saturated heterocycles. The van der Waals surface area contributed by atoms with Gasteiger partial charge in [0.05, 0.1) is 5.56 Å². The summed E-state index contributed by atoms with van der Waals surface area (Å²) < 4.78 is 0. The molecule has 0 saturated carbocycles. The largest absolute Gasteiger partial charge is 0.409 e. The van der Waals surface area contributed by atoms with Gasteiger partial charge in [0.1, 0.15) is 0 Å². The van der Waals surface area contributed by atoms with E-state index in [0.717, 1.165) is 35.7 Å². The van der Waals surface area contributed by atoms with Crippen molar-refractivity contribution in [3.05, 3.63) is 23.8 Å². The molecule has 1 fully saturated rings. The molecule has 1 aliphatic heterocycles. The van der Waals surface area contributed by atoms with Crippen molar-refractivity contribution >= 4 is 23.3 Å². The molecule has 1 aromatic rings. The smallest absolute Gasteiger partial charge is 0.173 e. The van der Waals surface area contributed by atoms with Crippen molar-refractivity contribution in [2.24, 2.45) is 16.3 Å². The first-order chi connectivity index (χ1) is 9.98. The highest BCUT2D eigenvalue weighted by Crippen LogP contribution is 2.35. The third kappa shape index (κ3) is 3.64. The maximum atomic E-state index is 9.10. The van der Waals surface area contributed by atoms with E-state index in [1.807, 2.05) is 18.4 Å². The number of oxime groups is 1. The second-order valence-electron chi connectivity index (χ2n) is 6.34. The van der Waals surface area contributed by atoms with Crippen molar-refractivity contribution in [2.45, 2.75) is 38.0 Å². The average molecular weight is 307 g/mol. The molecule has 0 aromatic heterocycles. The minimum absolute atomic E-state index is 0.193. The van der Waals surface area contributed by atoms with E-state index in [0.29, 0.717) is 5.41 Å². The van der Waals surface area contributed by atoms with Gasteiger partial charge >= 0.3 is 0 Å². The molecule has 0 atom stereocenters. The fraction of sp³-hybridized carbons (Fsp3) is 0.562. The first-order valence-electron chi connectivity index (χ1n) is 7.38. The van der Waals surface area contributed by atoms with Crippen molar-refractivity contribution in [1.82, 2.24) is 0 Å². The van der Waals surface area contributed by atoms with Gasteiger partial charge in [-0.15, -0.1) is 11.8 Å². The van der Waals surface area contributed by atoms with Gasteiger partial charge < -0.3 is 15.8 Å². The number of nitrogens with zero attached hydrogens (tertiary/aromatic N) is 2. The molecule has 0 aliphatic carbocycles. The Labute approximate surface area is 131 Å². The van der Waals surface area contributed by atoms with Crippen LogP contribution in [0.1, 0.15) is 38.7 Å². The van der Waals surface area contributed by atoms with Gasteiger partial charge in [-0.3, -0.25) is 0 Å². The molecular weight excluding hydrogens is 282 g/mol. The van der Waals surface area contributed by atoms with Gasteiger partial charge in [-0.05, 0) is 43.1 Å². The van der Waals surface area contributed by atoms with Gasteiger partial charge in [0.2, 0.25) is 0 Å². The van der Waals surface area contributed by atoms with Gasteiger partial charge in [-0.2, -0.15) is 0 Å². The molecule has 3 N–H and O–H groups in total. The van der Waals surface area contributed by atoms with Crippen molar-refractivity contribution < 1.29 is 5.21 Å². The van der Waals surface area contributed by atoms with Gasteiger partial charge in [-0.25, -0.2) is 0 Å². The van der Waals surface area contributed by atoms with E-state index in [1.165, 1.54) is 12.8 Å². The van der Waals surface area contributed by atoms with Crippen LogP contribution in [0.4, 0.5) is 5.69 Å². The Morgan fingerprint density at radius 3 is 2.76 bits per heavy atom. The van der Waals surface area contributed by atoms with E-state index in [2.05, 4.69) is 30.0 Å². The monoisotopic (exact) mass is 307 g/mol. The number of nitrogens with two attached hydrogens (primary N) is 1. The van der Waals surface area contributed by atoms with Gasteiger partial charge in [-0.1, -0.05) is 25.1 Å². The summed E-state index contributed by atoms with van der Waals surface area (Å²) in [6.07, 6.45) is 5.58. The summed E-state index contributed by atoms with van der Waals surface area (Å²) in [4.78, 5) is 3.42. The van der Waals surface area contributed by atoms with Gasteiger partial charge in [0.15, 0.2) is 5.84 Å². The highest BCUT2D eigenvalue weighted by atomic mass is 32.2. The van der Waals surface area contributed by atoms with Crippen LogP contribution in [-0.4, -0.2) is 30.4 Å². The van der Waals surface area contributed by atoms with Crippen LogP contribution in [0.25, 0.3) is 0 Å². The Hall–Kier alpha value is -1.36. The molecule has 0 amide bonds. The molecule has 1 heterocycles. The predicted octanol–water partition coefficient (Wildman–Crippen LogP) is 3.52. The van der Waals surface area contributed by atoms with Crippen LogP contribution >= 0.6 is 11.8 Å². The zero-order chi connectivity index (χ0) is 15.5. The summed E-state index contributed by atoms with van der Waals surface area (Å²) in [5, 5.41) is 12.3. The zero-order valence-corrected chi connectivity index (χ0v) is 13.9. The molecule has 5 heteroatoms. The Bertz CT molecular complexity index is 528. The first kappa shape index (κ1) is 16.0. The Morgan fingerprint density at radius 1 is 1.33 bits per heavy atom. The lowest BCUT2D eigenvalue weighted by atomic mass is 9.85. The number of hydrogen-bond donors (Lipinski definition) is 2. The minimum Gasteiger partial charge on any atom is -0.409 e. The topological polar surface area (TPSA) is 61.8 Å². The van der Waals surface area contributed by atoms with Crippen LogP contribution < -0.4 is 10.6 Å². The SMILES string of the molecule is CSc1cccc(N2CCCC(C)(C)CC2)c1/C(N)=N/O. The number of hydrogen-bond acceptors (Lipinski definition) is 4. The lowest BCUT2D eigenvalue weighted by molar-refractivity contribution is 0.318. The van der Waals surface area contributed by atoms with Crippen LogP contribution in [0.3, 0.4) is 0 Å². The average Bonchev–Trinajstić information content (AvgIpc) is 2.66. The van der Waals surface area contributed by atoms with Crippen LogP contribution in [0.5, 0.6) is 0 Å². The molecule has 0 bridgehead atoms. The molecule has 4 nitrogen and oxygen atoms in total. The van der Waals surface area contributed by atoms with E-state index >= 15 is 0 Å². The standard InChI is InChI=1S/C16H25N3OS/c1-16(2)8-5-10-19(11-9-16)12-6-4-7-13(21-3)14(12)15(17)18-20/h4,6-7,20H,5,8-11H2,1-3H3,(H2,17,18). The maximum absolute atomic E-state index is 9.10. The summed E-state index contributed by atoms with van der Waals surface area (Å²) in [5.74, 6) is 0.193. The fourth-order valence-electron chi connectivity index (χ4n) is 2.92. The third-order valence-corrected chi connectivity index (χ3v) is 5.05. The molecule has 0 spiro atoms. The summed E-state index contributed by atoms with van der Waals surface area (Å²) in [6, 6.07) is 6.14. The highest BCUT2D eigenvalue weighted by Gasteiger charge is 2.25. The summed E-state index contributed by atoms with van der Waals surface area (Å²) in [6.45, 7) is 6.70. The molecule has 0 radical (unpaired) electrons. The zero-order valence-electron chi connectivity index (χ0n) is 13.1. The van der Waals surface area contributed by atoms with Crippen LogP contribution in [0.2, 0.25) is 0 Å². The second kappa shape index (κ2) is 6.60. The molecular formula is C16H25N3OS. The quantitative estimate of drug-likeness (QED) is 0.295. The lowest BCUT2D eigenvalue weighted by Crippen LogP contribution is -2.28. The second-order valence-corrected chi connectivity index (χ2v) is 7.19. The molecule has 21 heavy (non-hydrogen) atoms. The molecule has 2 rings (SSSR count). The molecule has 1 aliphatic rings. The normalized spacial score (nSPS) is 19.4. The Morgan fingerprint density at radius 2 is 2.10 bits per heavy atom. The van der Waals surface area contributed by atoms with Gasteiger partial charge in [0.25, 0.3) is 0 Å². The first-order valence-corrected chi connectivity index (χ1v) is 8.61. The fourth-order valence-corrected chi connectivity index (χ4v) is 3.55. The summed E-state index contributed by atoms with van der Waals surface area (Å²) >= 11 is 1.62. The van der Waals surface area contributed by atoms with E-state index in [1.54, 1.807) is 11.8 Å². The maximum Gasteiger partial charge on any atom is 0.173 e. The van der Waals surface area contributed by atoms with Gasteiger partial charge in [0, 0.05) is 23.7 Å². The summed E-state index contributed by atoms with van der Waals surface area (Å²) in [7, 11) is 0. The van der Waals surface area contributed by atoms with Crippen molar-refractivity contribution in [1.29, 1.82) is 0 Å². The number of thioether (sulfide) groups is 1. The minimum atomic E-state index is 0.193. The van der Waals surface area contributed by atoms with Crippen molar-refractivity contribution in [3.63, 3.8) is 0 Å². The highest BCUT2D eigenvalue weighted by molar-refractivity contribution is 7.98. The molecule has 116 valence electrons. The number of rotatable bonds is 3. The van der Waals surface area contributed by atoms with E-state index in [-0.39, 0.29) is 5.84 Å². The van der Waals surface area contributed by atoms with E-state index in [9.17, 15) is 0 Å². The number of anilines is 1. The molecule has 0 unspecified atom stereocenters. The van der Waals surface area contributed by atoms with Crippen LogP contribution in [0.15, 0.2) is 28.3 Å². The predicted molar refractivity (Wildman–Crippen MR) is 90.6 cm³/mol. The van der Waals surface area contributed by atoms with Crippen molar-refractivity contribution in [3.8, 4) is 0 Å². The number of amidine groups is 1. The van der Waals surface area contributed by atoms with E-state index < -0.39 is 0 Å². The van der Waals surface area contributed by atoms with Crippen LogP contribution in [0, 0.1) is 5.41 Å². The van der Waals surface area contributed by atoms with Crippen molar-refractivity contribution in [2.75, 3.05) is 24.2 Å². The Balaban J connectivity index is 2.39. The van der Waals surface area contributed by atoms with Crippen LogP contribution in [-0.2, 0) is 0 Å². The lowest BCUT2D eigenvalue weighted by Gasteiger charge is -2.27. The Kier molecular flexibility index (Phi) is 5.04. The third-order valence-electron chi connectivity index (χ3n) is 4.27. The van der Waals surface area contributed by atoms with E-state index in [4.69, 9.17) is 10.9 Å². The summed E-state index contributed by atoms with van der Waals surface area (Å²) in [5.41, 5.74) is 8.25.